The third kappa shape index (κ3) is 3.63. The number of likely N-dealkylation sites (tertiary alicyclic amines) is 1. The number of carbonyl (C=O) groups is 1. The van der Waals surface area contributed by atoms with Gasteiger partial charge in [0.05, 0.1) is 18.1 Å². The van der Waals surface area contributed by atoms with E-state index >= 15 is 0 Å². The molecule has 0 aromatic rings. The molecule has 0 aliphatic carbocycles. The third-order valence-electron chi connectivity index (χ3n) is 5.74. The second-order valence-electron chi connectivity index (χ2n) is 6.89. The van der Waals surface area contributed by atoms with Gasteiger partial charge in [0.15, 0.2) is 0 Å². The lowest BCUT2D eigenvalue weighted by Gasteiger charge is -2.43. The maximum atomic E-state index is 12.9. The van der Waals surface area contributed by atoms with Gasteiger partial charge in [0.25, 0.3) is 0 Å². The topological polar surface area (TPSA) is 58.8 Å². The number of piperidine rings is 1. The Morgan fingerprint density at radius 2 is 1.86 bits per heavy atom. The first-order valence-electron chi connectivity index (χ1n) is 8.91. The number of morpholine rings is 1. The van der Waals surface area contributed by atoms with E-state index in [4.69, 9.17) is 10.5 Å². The minimum absolute atomic E-state index is 0.272. The molecule has 5 nitrogen and oxygen atoms in total. The fraction of sp³-hybridized carbons (Fsp3) is 0.941. The van der Waals surface area contributed by atoms with Crippen molar-refractivity contribution in [2.75, 3.05) is 39.3 Å². The quantitative estimate of drug-likeness (QED) is 0.835. The second-order valence-corrected chi connectivity index (χ2v) is 6.89. The molecule has 0 aromatic carbocycles. The highest BCUT2D eigenvalue weighted by atomic mass is 16.5. The van der Waals surface area contributed by atoms with Gasteiger partial charge in [-0.15, -0.1) is 0 Å². The lowest BCUT2D eigenvalue weighted by atomic mass is 9.80. The summed E-state index contributed by atoms with van der Waals surface area (Å²) in [6.45, 7) is 11.4. The maximum absolute atomic E-state index is 12.9. The number of amides is 1. The van der Waals surface area contributed by atoms with Gasteiger partial charge in [0.2, 0.25) is 5.91 Å². The van der Waals surface area contributed by atoms with Gasteiger partial charge in [-0.3, -0.25) is 9.69 Å². The summed E-state index contributed by atoms with van der Waals surface area (Å²) in [6.07, 6.45) is 4.15. The Balaban J connectivity index is 1.90. The zero-order valence-electron chi connectivity index (χ0n) is 14.5. The normalized spacial score (nSPS) is 25.5. The predicted octanol–water partition coefficient (Wildman–Crippen LogP) is 1.46. The van der Waals surface area contributed by atoms with Crippen LogP contribution in [0, 0.1) is 5.41 Å². The van der Waals surface area contributed by atoms with Crippen LogP contribution in [-0.2, 0) is 9.53 Å². The Hall–Kier alpha value is -0.650. The molecule has 5 heteroatoms. The zero-order chi connectivity index (χ0) is 16.2. The van der Waals surface area contributed by atoms with E-state index in [2.05, 4.69) is 30.6 Å². The molecule has 0 radical (unpaired) electrons. The van der Waals surface area contributed by atoms with Crippen LogP contribution in [0.25, 0.3) is 0 Å². The molecule has 1 unspecified atom stereocenters. The summed E-state index contributed by atoms with van der Waals surface area (Å²) in [7, 11) is 0. The lowest BCUT2D eigenvalue weighted by molar-refractivity contribution is -0.144. The molecular formula is C17H33N3O2. The first kappa shape index (κ1) is 17.7. The van der Waals surface area contributed by atoms with Crippen LogP contribution in [0.15, 0.2) is 0 Å². The number of rotatable bonds is 5. The van der Waals surface area contributed by atoms with Crippen LogP contribution in [-0.4, -0.2) is 67.2 Å². The smallest absolute Gasteiger partial charge is 0.230 e. The maximum Gasteiger partial charge on any atom is 0.230 e. The van der Waals surface area contributed by atoms with Crippen molar-refractivity contribution in [3.8, 4) is 0 Å². The Kier molecular flexibility index (Phi) is 6.24. The number of ether oxygens (including phenoxy) is 1. The summed E-state index contributed by atoms with van der Waals surface area (Å²) in [5.74, 6) is 0.272. The average Bonchev–Trinajstić information content (AvgIpc) is 2.57. The highest BCUT2D eigenvalue weighted by Gasteiger charge is 2.38. The molecule has 0 bridgehead atoms. The van der Waals surface area contributed by atoms with Gasteiger partial charge in [-0.2, -0.15) is 0 Å². The summed E-state index contributed by atoms with van der Waals surface area (Å²) in [5.41, 5.74) is 5.58. The predicted molar refractivity (Wildman–Crippen MR) is 88.7 cm³/mol. The van der Waals surface area contributed by atoms with Crippen molar-refractivity contribution >= 4 is 5.91 Å². The van der Waals surface area contributed by atoms with E-state index in [9.17, 15) is 4.79 Å². The molecule has 128 valence electrons. The summed E-state index contributed by atoms with van der Waals surface area (Å²) < 4.78 is 5.63. The van der Waals surface area contributed by atoms with Crippen molar-refractivity contribution in [2.45, 2.75) is 58.6 Å². The van der Waals surface area contributed by atoms with Crippen LogP contribution in [0.2, 0.25) is 0 Å². The van der Waals surface area contributed by atoms with Crippen molar-refractivity contribution < 1.29 is 9.53 Å². The molecule has 2 fully saturated rings. The number of carbonyl (C=O) groups excluding carboxylic acids is 1. The molecule has 22 heavy (non-hydrogen) atoms. The van der Waals surface area contributed by atoms with Crippen molar-refractivity contribution in [3.05, 3.63) is 0 Å². The van der Waals surface area contributed by atoms with E-state index in [0.717, 1.165) is 58.5 Å². The van der Waals surface area contributed by atoms with Gasteiger partial charge in [-0.25, -0.2) is 0 Å². The zero-order valence-corrected chi connectivity index (χ0v) is 14.5. The first-order valence-corrected chi connectivity index (χ1v) is 8.91. The molecule has 2 aliphatic heterocycles. The molecule has 1 amide bonds. The minimum atomic E-state index is -0.347. The molecule has 2 saturated heterocycles. The van der Waals surface area contributed by atoms with Crippen molar-refractivity contribution in [3.63, 3.8) is 0 Å². The Labute approximate surface area is 135 Å². The van der Waals surface area contributed by atoms with Crippen LogP contribution in [0.3, 0.4) is 0 Å². The van der Waals surface area contributed by atoms with E-state index < -0.39 is 0 Å². The van der Waals surface area contributed by atoms with Gasteiger partial charge in [-0.1, -0.05) is 13.8 Å². The van der Waals surface area contributed by atoms with Gasteiger partial charge < -0.3 is 15.4 Å². The molecular weight excluding hydrogens is 278 g/mol. The fourth-order valence-electron chi connectivity index (χ4n) is 3.87. The lowest BCUT2D eigenvalue weighted by Crippen LogP contribution is -2.54. The highest BCUT2D eigenvalue weighted by molar-refractivity contribution is 5.83. The summed E-state index contributed by atoms with van der Waals surface area (Å²) >= 11 is 0. The Bertz CT molecular complexity index is 355. The van der Waals surface area contributed by atoms with E-state index in [1.54, 1.807) is 0 Å². The Morgan fingerprint density at radius 1 is 1.23 bits per heavy atom. The van der Waals surface area contributed by atoms with Gasteiger partial charge in [0.1, 0.15) is 0 Å². The average molecular weight is 311 g/mol. The second kappa shape index (κ2) is 7.75. The van der Waals surface area contributed by atoms with E-state index in [0.29, 0.717) is 18.7 Å². The minimum Gasteiger partial charge on any atom is -0.376 e. The highest BCUT2D eigenvalue weighted by Crippen LogP contribution is 2.30. The molecule has 2 N–H and O–H groups in total. The number of nitrogens with two attached hydrogens (primary N) is 1. The van der Waals surface area contributed by atoms with Crippen LogP contribution >= 0.6 is 0 Å². The Morgan fingerprint density at radius 3 is 2.36 bits per heavy atom. The molecule has 2 heterocycles. The summed E-state index contributed by atoms with van der Waals surface area (Å²) in [5, 5.41) is 0. The number of hydrogen-bond donors (Lipinski definition) is 1. The van der Waals surface area contributed by atoms with Crippen molar-refractivity contribution in [1.29, 1.82) is 0 Å². The number of nitrogens with zero attached hydrogens (tertiary/aromatic N) is 2. The van der Waals surface area contributed by atoms with Gasteiger partial charge in [-0.05, 0) is 32.6 Å². The van der Waals surface area contributed by atoms with Gasteiger partial charge in [0, 0.05) is 38.8 Å². The van der Waals surface area contributed by atoms with Crippen molar-refractivity contribution in [1.82, 2.24) is 9.80 Å². The van der Waals surface area contributed by atoms with Crippen LogP contribution < -0.4 is 5.73 Å². The van der Waals surface area contributed by atoms with Crippen LogP contribution in [0.1, 0.15) is 46.5 Å². The summed E-state index contributed by atoms with van der Waals surface area (Å²) in [6, 6.07) is 0.603. The fourth-order valence-corrected chi connectivity index (χ4v) is 3.87. The molecule has 2 aliphatic rings. The molecule has 2 rings (SSSR count). The monoisotopic (exact) mass is 311 g/mol. The van der Waals surface area contributed by atoms with Gasteiger partial charge >= 0.3 is 0 Å². The standard InChI is InChI=1S/C17H33N3O2/c1-4-17(5-2,13-18)16(21)19-8-6-15(7-9-19)20-10-11-22-14(3)12-20/h14-15H,4-13,18H2,1-3H3. The molecule has 0 saturated carbocycles. The summed E-state index contributed by atoms with van der Waals surface area (Å²) in [4.78, 5) is 17.5. The van der Waals surface area contributed by atoms with E-state index in [1.807, 2.05) is 0 Å². The molecule has 1 atom stereocenters. The largest absolute Gasteiger partial charge is 0.376 e. The van der Waals surface area contributed by atoms with E-state index in [1.165, 1.54) is 0 Å². The van der Waals surface area contributed by atoms with Crippen LogP contribution in [0.5, 0.6) is 0 Å². The first-order chi connectivity index (χ1) is 10.6. The molecule has 0 spiro atoms. The number of hydrogen-bond acceptors (Lipinski definition) is 4. The van der Waals surface area contributed by atoms with E-state index in [-0.39, 0.29) is 11.3 Å². The van der Waals surface area contributed by atoms with Crippen LogP contribution in [0.4, 0.5) is 0 Å². The third-order valence-corrected chi connectivity index (χ3v) is 5.74. The SMILES string of the molecule is CCC(CC)(CN)C(=O)N1CCC(N2CCOC(C)C2)CC1. The molecule has 0 aromatic heterocycles. The van der Waals surface area contributed by atoms with Crippen molar-refractivity contribution in [2.24, 2.45) is 11.1 Å².